The van der Waals surface area contributed by atoms with Gasteiger partial charge in [-0.05, 0) is 44.9 Å². The van der Waals surface area contributed by atoms with Gasteiger partial charge in [-0.15, -0.1) is 0 Å². The normalized spacial score (nSPS) is 13.2. The molecule has 0 aliphatic rings. The van der Waals surface area contributed by atoms with Crippen LogP contribution >= 0.6 is 11.6 Å². The molecule has 3 nitrogen and oxygen atoms in total. The molecule has 3 N–H and O–H groups in total. The van der Waals surface area contributed by atoms with Crippen LogP contribution in [-0.2, 0) is 4.79 Å². The number of amides is 1. The lowest BCUT2D eigenvalue weighted by molar-refractivity contribution is -0.122. The van der Waals surface area contributed by atoms with Gasteiger partial charge >= 0.3 is 0 Å². The van der Waals surface area contributed by atoms with E-state index in [0.717, 1.165) is 5.56 Å². The van der Waals surface area contributed by atoms with E-state index in [1.165, 1.54) is 0 Å². The summed E-state index contributed by atoms with van der Waals surface area (Å²) < 4.78 is 0. The Kier molecular flexibility index (Phi) is 5.17. The van der Waals surface area contributed by atoms with Crippen molar-refractivity contribution in [1.82, 2.24) is 5.32 Å². The Labute approximate surface area is 114 Å². The summed E-state index contributed by atoms with van der Waals surface area (Å²) in [6, 6.07) is 7.46. The predicted octanol–water partition coefficient (Wildman–Crippen LogP) is 3.03. The Bertz CT molecular complexity index is 413. The molecule has 1 unspecified atom stereocenters. The molecule has 1 rings (SSSR count). The zero-order valence-corrected chi connectivity index (χ0v) is 11.9. The first-order valence-electron chi connectivity index (χ1n) is 6.11. The van der Waals surface area contributed by atoms with Gasteiger partial charge in [-0.2, -0.15) is 0 Å². The molecule has 0 aliphatic carbocycles. The minimum Gasteiger partial charge on any atom is -0.350 e. The summed E-state index contributed by atoms with van der Waals surface area (Å²) in [4.78, 5) is 11.8. The van der Waals surface area contributed by atoms with Gasteiger partial charge < -0.3 is 11.1 Å². The van der Waals surface area contributed by atoms with Gasteiger partial charge in [0, 0.05) is 17.0 Å². The van der Waals surface area contributed by atoms with E-state index >= 15 is 0 Å². The molecule has 0 radical (unpaired) electrons. The molecule has 100 valence electrons. The predicted molar refractivity (Wildman–Crippen MR) is 75.5 cm³/mol. The lowest BCUT2D eigenvalue weighted by Gasteiger charge is -2.19. The SMILES string of the molecule is CC(NC(=O)CCC(C)(C)N)c1cccc(Cl)c1. The molecule has 1 amide bonds. The number of nitrogens with two attached hydrogens (primary N) is 1. The molecule has 0 spiro atoms. The average molecular weight is 269 g/mol. The van der Waals surface area contributed by atoms with Gasteiger partial charge in [0.15, 0.2) is 0 Å². The summed E-state index contributed by atoms with van der Waals surface area (Å²) in [5, 5.41) is 3.62. The third kappa shape index (κ3) is 5.52. The molecule has 0 aliphatic heterocycles. The second-order valence-corrected chi connectivity index (χ2v) is 5.77. The van der Waals surface area contributed by atoms with Gasteiger partial charge in [-0.25, -0.2) is 0 Å². The van der Waals surface area contributed by atoms with Gasteiger partial charge in [0.1, 0.15) is 0 Å². The van der Waals surface area contributed by atoms with Crippen molar-refractivity contribution in [3.63, 3.8) is 0 Å². The molecule has 1 aromatic rings. The summed E-state index contributed by atoms with van der Waals surface area (Å²) in [6.45, 7) is 5.78. The van der Waals surface area contributed by atoms with Gasteiger partial charge in [0.05, 0.1) is 6.04 Å². The van der Waals surface area contributed by atoms with E-state index in [2.05, 4.69) is 5.32 Å². The largest absolute Gasteiger partial charge is 0.350 e. The average Bonchev–Trinajstić information content (AvgIpc) is 2.25. The number of carbonyl (C=O) groups is 1. The van der Waals surface area contributed by atoms with Crippen molar-refractivity contribution in [2.75, 3.05) is 0 Å². The number of carbonyl (C=O) groups excluding carboxylic acids is 1. The first kappa shape index (κ1) is 15.0. The molecule has 0 heterocycles. The van der Waals surface area contributed by atoms with Crippen LogP contribution in [0.25, 0.3) is 0 Å². The van der Waals surface area contributed by atoms with Crippen LogP contribution in [0.4, 0.5) is 0 Å². The molecule has 4 heteroatoms. The van der Waals surface area contributed by atoms with E-state index in [9.17, 15) is 4.79 Å². The number of rotatable bonds is 5. The van der Waals surface area contributed by atoms with Crippen LogP contribution in [0.5, 0.6) is 0 Å². The number of nitrogens with one attached hydrogen (secondary N) is 1. The Hall–Kier alpha value is -1.06. The maximum atomic E-state index is 11.8. The Balaban J connectivity index is 2.50. The Morgan fingerprint density at radius 3 is 2.72 bits per heavy atom. The Morgan fingerprint density at radius 2 is 2.17 bits per heavy atom. The molecule has 1 aromatic carbocycles. The molecule has 1 atom stereocenters. The zero-order chi connectivity index (χ0) is 13.8. The number of halogens is 1. The molecular formula is C14H21ClN2O. The third-order valence-corrected chi connectivity index (χ3v) is 2.96. The summed E-state index contributed by atoms with van der Waals surface area (Å²) >= 11 is 5.92. The van der Waals surface area contributed by atoms with Gasteiger partial charge in [-0.3, -0.25) is 4.79 Å². The van der Waals surface area contributed by atoms with Crippen molar-refractivity contribution in [3.8, 4) is 0 Å². The van der Waals surface area contributed by atoms with Crippen LogP contribution in [0.3, 0.4) is 0 Å². The fourth-order valence-corrected chi connectivity index (χ4v) is 1.81. The van der Waals surface area contributed by atoms with Crippen molar-refractivity contribution >= 4 is 17.5 Å². The van der Waals surface area contributed by atoms with Crippen LogP contribution in [-0.4, -0.2) is 11.4 Å². The van der Waals surface area contributed by atoms with E-state index in [1.807, 2.05) is 45.0 Å². The molecule has 0 saturated carbocycles. The second kappa shape index (κ2) is 6.21. The van der Waals surface area contributed by atoms with E-state index in [1.54, 1.807) is 0 Å². The maximum absolute atomic E-state index is 11.8. The highest BCUT2D eigenvalue weighted by molar-refractivity contribution is 6.30. The number of hydrogen-bond donors (Lipinski definition) is 2. The van der Waals surface area contributed by atoms with Crippen molar-refractivity contribution < 1.29 is 4.79 Å². The van der Waals surface area contributed by atoms with Crippen LogP contribution < -0.4 is 11.1 Å². The fourth-order valence-electron chi connectivity index (χ4n) is 1.61. The lowest BCUT2D eigenvalue weighted by Crippen LogP contribution is -2.35. The zero-order valence-electron chi connectivity index (χ0n) is 11.2. The topological polar surface area (TPSA) is 55.1 Å². The van der Waals surface area contributed by atoms with Crippen LogP contribution in [0, 0.1) is 0 Å². The van der Waals surface area contributed by atoms with E-state index in [0.29, 0.717) is 17.9 Å². The Morgan fingerprint density at radius 1 is 1.50 bits per heavy atom. The van der Waals surface area contributed by atoms with Crippen LogP contribution in [0.15, 0.2) is 24.3 Å². The summed E-state index contributed by atoms with van der Waals surface area (Å²) in [6.07, 6.45) is 1.11. The standard InChI is InChI=1S/C14H21ClN2O/c1-10(11-5-4-6-12(15)9-11)17-13(18)7-8-14(2,3)16/h4-6,9-10H,7-8,16H2,1-3H3,(H,17,18). The first-order chi connectivity index (χ1) is 8.28. The summed E-state index contributed by atoms with van der Waals surface area (Å²) in [7, 11) is 0. The van der Waals surface area contributed by atoms with Crippen molar-refractivity contribution in [2.45, 2.75) is 45.2 Å². The minimum absolute atomic E-state index is 0.0148. The molecule has 0 fully saturated rings. The monoisotopic (exact) mass is 268 g/mol. The van der Waals surface area contributed by atoms with Crippen molar-refractivity contribution in [2.24, 2.45) is 5.73 Å². The van der Waals surface area contributed by atoms with Crippen LogP contribution in [0.1, 0.15) is 45.2 Å². The highest BCUT2D eigenvalue weighted by Crippen LogP contribution is 2.17. The van der Waals surface area contributed by atoms with Crippen molar-refractivity contribution in [1.29, 1.82) is 0 Å². The van der Waals surface area contributed by atoms with Crippen LogP contribution in [0.2, 0.25) is 5.02 Å². The van der Waals surface area contributed by atoms with Crippen molar-refractivity contribution in [3.05, 3.63) is 34.9 Å². The molecule has 0 saturated heterocycles. The van der Waals surface area contributed by atoms with Gasteiger partial charge in [0.25, 0.3) is 0 Å². The van der Waals surface area contributed by atoms with E-state index in [4.69, 9.17) is 17.3 Å². The summed E-state index contributed by atoms with van der Waals surface area (Å²) in [5.41, 5.74) is 6.54. The van der Waals surface area contributed by atoms with Gasteiger partial charge in [0.2, 0.25) is 5.91 Å². The number of hydrogen-bond acceptors (Lipinski definition) is 2. The maximum Gasteiger partial charge on any atom is 0.220 e. The van der Waals surface area contributed by atoms with E-state index in [-0.39, 0.29) is 17.5 Å². The molecule has 0 bridgehead atoms. The highest BCUT2D eigenvalue weighted by Gasteiger charge is 2.15. The number of benzene rings is 1. The summed E-state index contributed by atoms with van der Waals surface area (Å²) in [5.74, 6) is 0.0148. The quantitative estimate of drug-likeness (QED) is 0.862. The lowest BCUT2D eigenvalue weighted by atomic mass is 9.99. The smallest absolute Gasteiger partial charge is 0.220 e. The van der Waals surface area contributed by atoms with Gasteiger partial charge in [-0.1, -0.05) is 23.7 Å². The minimum atomic E-state index is -0.309. The molecule has 0 aromatic heterocycles. The second-order valence-electron chi connectivity index (χ2n) is 5.33. The fraction of sp³-hybridized carbons (Fsp3) is 0.500. The first-order valence-corrected chi connectivity index (χ1v) is 6.49. The highest BCUT2D eigenvalue weighted by atomic mass is 35.5. The molecular weight excluding hydrogens is 248 g/mol. The molecule has 18 heavy (non-hydrogen) atoms. The third-order valence-electron chi connectivity index (χ3n) is 2.72. The van der Waals surface area contributed by atoms with E-state index < -0.39 is 0 Å².